The molecule has 16 heteroatoms. The van der Waals surface area contributed by atoms with Gasteiger partial charge in [-0.05, 0) is 48.7 Å². The third-order valence-corrected chi connectivity index (χ3v) is 8.52. The average molecular weight is 680 g/mol. The Kier molecular flexibility index (Phi) is 10.1. The summed E-state index contributed by atoms with van der Waals surface area (Å²) < 4.78 is 84.9. The van der Waals surface area contributed by atoms with Gasteiger partial charge in [-0.1, -0.05) is 30.3 Å². The predicted molar refractivity (Wildman–Crippen MR) is 160 cm³/mol. The zero-order valence-electron chi connectivity index (χ0n) is 24.4. The number of alkyl halides is 6. The molecule has 1 saturated heterocycles. The van der Waals surface area contributed by atoms with Crippen LogP contribution in [-0.2, 0) is 22.9 Å². The van der Waals surface area contributed by atoms with Gasteiger partial charge in [0.05, 0.1) is 5.56 Å². The highest BCUT2D eigenvalue weighted by Crippen LogP contribution is 2.36. The van der Waals surface area contributed by atoms with Gasteiger partial charge in [-0.15, -0.1) is 0 Å². The number of hydrogen-bond donors (Lipinski definition) is 2. The van der Waals surface area contributed by atoms with Crippen molar-refractivity contribution in [2.45, 2.75) is 42.9 Å². The number of nitrogens with one attached hydrogen (secondary N) is 1. The molecule has 0 radical (unpaired) electrons. The number of aromatic nitrogens is 3. The molecular formula is C31H27F6N5O4S. The first kappa shape index (κ1) is 33.8. The standard InChI is InChI=1S/C31H27F6N5O4S/c32-30(33,34)21-8-6-20(7-9-21)27-41-24(26(43)39-22(28(44)45)17-47-16-18-4-2-1-3-5-18)25(46-27)19-11-14-42(15-12-19)29-38-13-10-23(40-29)31(35,36)37/h1-10,13,19,22H,11-12,14-17H2,(H,39,43)(H,44,45). The van der Waals surface area contributed by atoms with E-state index < -0.39 is 47.4 Å². The van der Waals surface area contributed by atoms with E-state index in [2.05, 4.69) is 20.3 Å². The molecule has 0 aliphatic carbocycles. The van der Waals surface area contributed by atoms with Gasteiger partial charge in [-0.3, -0.25) is 4.79 Å². The minimum Gasteiger partial charge on any atom is -0.480 e. The quantitative estimate of drug-likeness (QED) is 0.177. The first-order valence-electron chi connectivity index (χ1n) is 14.3. The molecule has 47 heavy (non-hydrogen) atoms. The smallest absolute Gasteiger partial charge is 0.433 e. The summed E-state index contributed by atoms with van der Waals surface area (Å²) in [6.45, 7) is 0.383. The van der Waals surface area contributed by atoms with E-state index in [1.807, 2.05) is 30.3 Å². The second kappa shape index (κ2) is 14.0. The second-order valence-corrected chi connectivity index (χ2v) is 11.7. The van der Waals surface area contributed by atoms with E-state index in [-0.39, 0.29) is 60.5 Å². The monoisotopic (exact) mass is 679 g/mol. The van der Waals surface area contributed by atoms with Crippen LogP contribution >= 0.6 is 11.8 Å². The largest absolute Gasteiger partial charge is 0.480 e. The molecule has 3 heterocycles. The number of thioether (sulfide) groups is 1. The Morgan fingerprint density at radius 3 is 2.26 bits per heavy atom. The molecule has 9 nitrogen and oxygen atoms in total. The Hall–Kier alpha value is -4.60. The van der Waals surface area contributed by atoms with Crippen molar-refractivity contribution < 1.29 is 45.5 Å². The molecule has 1 aliphatic heterocycles. The number of piperidine rings is 1. The van der Waals surface area contributed by atoms with E-state index >= 15 is 0 Å². The maximum absolute atomic E-state index is 13.5. The van der Waals surface area contributed by atoms with Crippen molar-refractivity contribution in [1.82, 2.24) is 20.3 Å². The SMILES string of the molecule is O=C(NC(CSCc1ccccc1)C(=O)O)c1nc(-c2ccc(C(F)(F)F)cc2)oc1C1CCN(c2nccc(C(F)(F)F)n2)CC1. The Morgan fingerprint density at radius 1 is 0.957 bits per heavy atom. The summed E-state index contributed by atoms with van der Waals surface area (Å²) in [5.41, 5.74) is -1.09. The lowest BCUT2D eigenvalue weighted by atomic mass is 9.93. The molecule has 1 fully saturated rings. The van der Waals surface area contributed by atoms with Gasteiger partial charge >= 0.3 is 18.3 Å². The van der Waals surface area contributed by atoms with Crippen LogP contribution in [0, 0.1) is 0 Å². The number of amides is 1. The van der Waals surface area contributed by atoms with Crippen molar-refractivity contribution in [3.8, 4) is 11.5 Å². The van der Waals surface area contributed by atoms with E-state index in [1.165, 1.54) is 11.8 Å². The lowest BCUT2D eigenvalue weighted by Crippen LogP contribution is -2.43. The third kappa shape index (κ3) is 8.41. The number of hydrogen-bond acceptors (Lipinski definition) is 8. The summed E-state index contributed by atoms with van der Waals surface area (Å²) in [7, 11) is 0. The minimum atomic E-state index is -4.65. The maximum atomic E-state index is 13.5. The second-order valence-electron chi connectivity index (χ2n) is 10.7. The number of rotatable bonds is 10. The van der Waals surface area contributed by atoms with Crippen molar-refractivity contribution in [2.75, 3.05) is 23.7 Å². The molecule has 0 bridgehead atoms. The zero-order chi connectivity index (χ0) is 33.8. The summed E-state index contributed by atoms with van der Waals surface area (Å²) in [4.78, 5) is 39.0. The molecule has 2 aromatic heterocycles. The van der Waals surface area contributed by atoms with Crippen molar-refractivity contribution in [3.63, 3.8) is 0 Å². The highest BCUT2D eigenvalue weighted by atomic mass is 32.2. The third-order valence-electron chi connectivity index (χ3n) is 7.41. The lowest BCUT2D eigenvalue weighted by Gasteiger charge is -2.31. The number of carbonyl (C=O) groups is 2. The molecular weight excluding hydrogens is 652 g/mol. The van der Waals surface area contributed by atoms with Gasteiger partial charge in [0.2, 0.25) is 11.8 Å². The van der Waals surface area contributed by atoms with Crippen molar-refractivity contribution in [2.24, 2.45) is 0 Å². The normalized spacial score (nSPS) is 15.0. The van der Waals surface area contributed by atoms with Gasteiger partial charge in [0.15, 0.2) is 5.69 Å². The maximum Gasteiger partial charge on any atom is 0.433 e. The van der Waals surface area contributed by atoms with Gasteiger partial charge < -0.3 is 19.7 Å². The minimum absolute atomic E-state index is 0.0320. The summed E-state index contributed by atoms with van der Waals surface area (Å²) in [6.07, 6.45) is -7.66. The Balaban J connectivity index is 1.37. The molecule has 2 aromatic carbocycles. The Bertz CT molecular complexity index is 1690. The van der Waals surface area contributed by atoms with Crippen LogP contribution in [0.25, 0.3) is 11.5 Å². The molecule has 1 unspecified atom stereocenters. The molecule has 1 amide bonds. The number of halogens is 6. The highest BCUT2D eigenvalue weighted by Gasteiger charge is 2.36. The fourth-order valence-corrected chi connectivity index (χ4v) is 5.97. The van der Waals surface area contributed by atoms with Gasteiger partial charge in [0.25, 0.3) is 5.91 Å². The van der Waals surface area contributed by atoms with Gasteiger partial charge in [-0.25, -0.2) is 19.7 Å². The summed E-state index contributed by atoms with van der Waals surface area (Å²) >= 11 is 1.30. The van der Waals surface area contributed by atoms with E-state index in [4.69, 9.17) is 4.42 Å². The van der Waals surface area contributed by atoms with E-state index in [0.29, 0.717) is 5.75 Å². The van der Waals surface area contributed by atoms with Gasteiger partial charge in [-0.2, -0.15) is 38.1 Å². The van der Waals surface area contributed by atoms with Crippen LogP contribution < -0.4 is 10.2 Å². The van der Waals surface area contributed by atoms with Crippen LogP contribution in [0.3, 0.4) is 0 Å². The predicted octanol–water partition coefficient (Wildman–Crippen LogP) is 6.67. The van der Waals surface area contributed by atoms with E-state index in [0.717, 1.165) is 42.1 Å². The van der Waals surface area contributed by atoms with Crippen molar-refractivity contribution >= 4 is 29.6 Å². The number of benzene rings is 2. The van der Waals surface area contributed by atoms with E-state index in [9.17, 15) is 41.0 Å². The summed E-state index contributed by atoms with van der Waals surface area (Å²) in [5, 5.41) is 12.3. The van der Waals surface area contributed by atoms with Crippen LogP contribution in [0.2, 0.25) is 0 Å². The first-order chi connectivity index (χ1) is 22.3. The molecule has 4 aromatic rings. The van der Waals surface area contributed by atoms with E-state index in [1.54, 1.807) is 4.90 Å². The van der Waals surface area contributed by atoms with Crippen LogP contribution in [0.1, 0.15) is 51.8 Å². The number of aliphatic carboxylic acids is 1. The average Bonchev–Trinajstić information content (AvgIpc) is 3.50. The van der Waals surface area contributed by atoms with Crippen LogP contribution in [0.15, 0.2) is 71.3 Å². The molecule has 0 spiro atoms. The molecule has 0 saturated carbocycles. The number of oxazole rings is 1. The number of carbonyl (C=O) groups excluding carboxylic acids is 1. The van der Waals surface area contributed by atoms with Crippen LogP contribution in [-0.4, -0.2) is 56.8 Å². The molecule has 2 N–H and O–H groups in total. The van der Waals surface area contributed by atoms with Gasteiger partial charge in [0.1, 0.15) is 17.5 Å². The topological polar surface area (TPSA) is 121 Å². The molecule has 248 valence electrons. The summed E-state index contributed by atoms with van der Waals surface area (Å²) in [6, 6.07) is 12.8. The fraction of sp³-hybridized carbons (Fsp3) is 0.323. The van der Waals surface area contributed by atoms with Gasteiger partial charge in [0, 0.05) is 42.3 Å². The first-order valence-corrected chi connectivity index (χ1v) is 15.4. The van der Waals surface area contributed by atoms with Crippen molar-refractivity contribution in [3.05, 3.63) is 95.1 Å². The van der Waals surface area contributed by atoms with Crippen LogP contribution in [0.5, 0.6) is 0 Å². The summed E-state index contributed by atoms with van der Waals surface area (Å²) in [5.74, 6) is -2.25. The zero-order valence-corrected chi connectivity index (χ0v) is 25.2. The Morgan fingerprint density at radius 2 is 1.64 bits per heavy atom. The Labute approximate surface area is 268 Å². The van der Waals surface area contributed by atoms with Crippen LogP contribution in [0.4, 0.5) is 32.3 Å². The molecule has 1 atom stereocenters. The number of nitrogens with zero attached hydrogens (tertiary/aromatic N) is 4. The molecule has 1 aliphatic rings. The highest BCUT2D eigenvalue weighted by molar-refractivity contribution is 7.98. The molecule has 5 rings (SSSR count). The van der Waals surface area contributed by atoms with Crippen molar-refractivity contribution in [1.29, 1.82) is 0 Å². The fourth-order valence-electron chi connectivity index (χ4n) is 4.97. The number of carboxylic acid groups (broad SMARTS) is 1. The number of carboxylic acids is 1. The number of anilines is 1. The lowest BCUT2D eigenvalue weighted by molar-refractivity contribution is -0.141.